The van der Waals surface area contributed by atoms with Gasteiger partial charge in [-0.2, -0.15) is 0 Å². The van der Waals surface area contributed by atoms with Crippen molar-refractivity contribution in [3.8, 4) is 0 Å². The minimum absolute atomic E-state index is 0.148. The minimum atomic E-state index is -0.708. The van der Waals surface area contributed by atoms with Gasteiger partial charge in [0.05, 0.1) is 20.1 Å². The highest BCUT2D eigenvalue weighted by Gasteiger charge is 2.35. The molecule has 1 aliphatic carbocycles. The molecule has 2 N–H and O–H groups in total. The fraction of sp³-hybridized carbons (Fsp3) is 1.00. The molecule has 0 aliphatic heterocycles. The second-order valence-corrected chi connectivity index (χ2v) is 2.86. The van der Waals surface area contributed by atoms with Gasteiger partial charge in [-0.05, 0) is 11.7 Å². The second kappa shape index (κ2) is 2.31. The molecule has 0 spiro atoms. The molecule has 0 aromatic carbocycles. The first-order valence-electron chi connectivity index (χ1n) is 3.24. The van der Waals surface area contributed by atoms with Gasteiger partial charge in [-0.25, -0.2) is 0 Å². The summed E-state index contributed by atoms with van der Waals surface area (Å²) in [5, 5.41) is 18.2. The zero-order valence-electron chi connectivity index (χ0n) is 5.49. The van der Waals surface area contributed by atoms with Crippen LogP contribution in [0.4, 0.5) is 0 Å². The molecule has 0 aromatic rings. The van der Waals surface area contributed by atoms with E-state index in [1.807, 2.05) is 6.92 Å². The Morgan fingerprint density at radius 2 is 1.89 bits per heavy atom. The van der Waals surface area contributed by atoms with Gasteiger partial charge in [-0.1, -0.05) is 13.3 Å². The van der Waals surface area contributed by atoms with E-state index in [1.54, 1.807) is 0 Å². The molecule has 0 heterocycles. The summed E-state index contributed by atoms with van der Waals surface area (Å²) < 4.78 is 0. The molecule has 50 valence electrons. The number of aliphatic hydroxyl groups is 2. The lowest BCUT2D eigenvalue weighted by Gasteiger charge is -2.12. The quantitative estimate of drug-likeness (QED) is 0.437. The Bertz CT molecular complexity index is 95.2. The highest BCUT2D eigenvalue weighted by molar-refractivity contribution is 6.12. The third-order valence-electron chi connectivity index (χ3n) is 2.02. The topological polar surface area (TPSA) is 40.5 Å². The third kappa shape index (κ3) is 1.12. The van der Waals surface area contributed by atoms with E-state index < -0.39 is 12.2 Å². The van der Waals surface area contributed by atoms with Crippen molar-refractivity contribution in [3.63, 3.8) is 0 Å². The van der Waals surface area contributed by atoms with Gasteiger partial charge in [0.25, 0.3) is 0 Å². The number of rotatable bonds is 0. The van der Waals surface area contributed by atoms with Crippen LogP contribution >= 0.6 is 0 Å². The van der Waals surface area contributed by atoms with E-state index >= 15 is 0 Å². The summed E-state index contributed by atoms with van der Waals surface area (Å²) in [6, 6.07) is 0. The van der Waals surface area contributed by atoms with Gasteiger partial charge in [-0.15, -0.1) is 0 Å². The van der Waals surface area contributed by atoms with Crippen LogP contribution in [0, 0.1) is 5.92 Å². The standard InChI is InChI=1S/C6H11BO2/c1-3-2-4(7)6(9)5(3)8/h3-6,8-9H,2H2,1H3. The Hall–Kier alpha value is -0.0151. The highest BCUT2D eigenvalue weighted by atomic mass is 16.3. The second-order valence-electron chi connectivity index (χ2n) is 2.86. The van der Waals surface area contributed by atoms with Crippen molar-refractivity contribution >= 4 is 7.85 Å². The molecule has 1 aliphatic rings. The minimum Gasteiger partial charge on any atom is -0.391 e. The van der Waals surface area contributed by atoms with Crippen LogP contribution in [0.3, 0.4) is 0 Å². The fourth-order valence-electron chi connectivity index (χ4n) is 1.30. The van der Waals surface area contributed by atoms with Gasteiger partial charge >= 0.3 is 0 Å². The van der Waals surface area contributed by atoms with Gasteiger partial charge in [-0.3, -0.25) is 0 Å². The first-order valence-corrected chi connectivity index (χ1v) is 3.24. The highest BCUT2D eigenvalue weighted by Crippen LogP contribution is 2.32. The monoisotopic (exact) mass is 126 g/mol. The molecule has 0 saturated heterocycles. The van der Waals surface area contributed by atoms with Crippen molar-refractivity contribution in [1.82, 2.24) is 0 Å². The maximum atomic E-state index is 9.11. The first kappa shape index (κ1) is 7.10. The first-order chi connectivity index (χ1) is 4.13. The average molecular weight is 126 g/mol. The van der Waals surface area contributed by atoms with Crippen LogP contribution in [0.25, 0.3) is 0 Å². The van der Waals surface area contributed by atoms with E-state index in [1.165, 1.54) is 0 Å². The predicted octanol–water partition coefficient (Wildman–Crippen LogP) is -0.295. The molecule has 1 fully saturated rings. The molecular formula is C6H11BO2. The van der Waals surface area contributed by atoms with Gasteiger partial charge in [0.1, 0.15) is 0 Å². The average Bonchev–Trinajstić information content (AvgIpc) is 1.98. The maximum absolute atomic E-state index is 9.11. The Morgan fingerprint density at radius 3 is 2.00 bits per heavy atom. The van der Waals surface area contributed by atoms with Crippen molar-refractivity contribution in [2.75, 3.05) is 0 Å². The van der Waals surface area contributed by atoms with Crippen LogP contribution in [-0.4, -0.2) is 30.3 Å². The molecule has 2 radical (unpaired) electrons. The van der Waals surface area contributed by atoms with Crippen molar-refractivity contribution < 1.29 is 10.2 Å². The van der Waals surface area contributed by atoms with E-state index in [0.717, 1.165) is 6.42 Å². The zero-order valence-corrected chi connectivity index (χ0v) is 5.49. The summed E-state index contributed by atoms with van der Waals surface area (Å²) in [6.45, 7) is 1.89. The number of hydrogen-bond donors (Lipinski definition) is 2. The molecule has 0 amide bonds. The summed E-state index contributed by atoms with van der Waals surface area (Å²) in [4.78, 5) is 0. The molecule has 1 rings (SSSR count). The predicted molar refractivity (Wildman–Crippen MR) is 35.3 cm³/mol. The van der Waals surface area contributed by atoms with Gasteiger partial charge < -0.3 is 10.2 Å². The van der Waals surface area contributed by atoms with Gasteiger partial charge in [0.15, 0.2) is 0 Å². The van der Waals surface area contributed by atoms with E-state index in [-0.39, 0.29) is 11.7 Å². The Balaban J connectivity index is 2.54. The van der Waals surface area contributed by atoms with Crippen LogP contribution < -0.4 is 0 Å². The smallest absolute Gasteiger partial charge is 0.0819 e. The van der Waals surface area contributed by atoms with Crippen molar-refractivity contribution in [3.05, 3.63) is 0 Å². The largest absolute Gasteiger partial charge is 0.391 e. The molecule has 0 bridgehead atoms. The SMILES string of the molecule is [B]C1CC(C)C(O)C1O. The molecule has 4 atom stereocenters. The number of aliphatic hydroxyl groups excluding tert-OH is 2. The normalized spacial score (nSPS) is 51.9. The molecule has 2 nitrogen and oxygen atoms in total. The lowest BCUT2D eigenvalue weighted by Crippen LogP contribution is -2.25. The Labute approximate surface area is 56.3 Å². The Morgan fingerprint density at radius 1 is 1.33 bits per heavy atom. The van der Waals surface area contributed by atoms with Crippen LogP contribution in [0.2, 0.25) is 5.82 Å². The summed E-state index contributed by atoms with van der Waals surface area (Å²) >= 11 is 0. The lowest BCUT2D eigenvalue weighted by atomic mass is 9.84. The third-order valence-corrected chi connectivity index (χ3v) is 2.02. The summed E-state index contributed by atoms with van der Waals surface area (Å²) in [5.74, 6) is -0.0787. The van der Waals surface area contributed by atoms with Crippen LogP contribution in [-0.2, 0) is 0 Å². The van der Waals surface area contributed by atoms with E-state index in [0.29, 0.717) is 0 Å². The van der Waals surface area contributed by atoms with Crippen LogP contribution in [0.5, 0.6) is 0 Å². The Kier molecular flexibility index (Phi) is 1.82. The van der Waals surface area contributed by atoms with Gasteiger partial charge in [0.2, 0.25) is 0 Å². The van der Waals surface area contributed by atoms with E-state index in [9.17, 15) is 0 Å². The van der Waals surface area contributed by atoms with Crippen molar-refractivity contribution in [2.45, 2.75) is 31.4 Å². The molecule has 4 unspecified atom stereocenters. The lowest BCUT2D eigenvalue weighted by molar-refractivity contribution is 0.0248. The molecule has 1 saturated carbocycles. The molecular weight excluding hydrogens is 115 g/mol. The molecule has 9 heavy (non-hydrogen) atoms. The number of hydrogen-bond acceptors (Lipinski definition) is 2. The van der Waals surface area contributed by atoms with Crippen LogP contribution in [0.1, 0.15) is 13.3 Å². The van der Waals surface area contributed by atoms with Crippen LogP contribution in [0.15, 0.2) is 0 Å². The summed E-state index contributed by atoms with van der Waals surface area (Å²) in [6.07, 6.45) is -0.595. The summed E-state index contributed by atoms with van der Waals surface area (Å²) in [5.41, 5.74) is 0. The fourth-order valence-corrected chi connectivity index (χ4v) is 1.30. The maximum Gasteiger partial charge on any atom is 0.0819 e. The molecule has 0 aromatic heterocycles. The zero-order chi connectivity index (χ0) is 7.02. The van der Waals surface area contributed by atoms with Crippen molar-refractivity contribution in [2.24, 2.45) is 5.92 Å². The van der Waals surface area contributed by atoms with Crippen molar-refractivity contribution in [1.29, 1.82) is 0 Å². The molecule has 3 heteroatoms. The van der Waals surface area contributed by atoms with E-state index in [4.69, 9.17) is 18.1 Å². The summed E-state index contributed by atoms with van der Waals surface area (Å²) in [7, 11) is 5.45. The van der Waals surface area contributed by atoms with E-state index in [2.05, 4.69) is 0 Å². The van der Waals surface area contributed by atoms with Gasteiger partial charge in [0, 0.05) is 0 Å².